The van der Waals surface area contributed by atoms with Crippen LogP contribution in [0.25, 0.3) is 0 Å². The molecular weight excluding hydrogens is 184 g/mol. The van der Waals surface area contributed by atoms with E-state index in [0.717, 1.165) is 23.7 Å². The topological polar surface area (TPSA) is 29.0 Å². The molecule has 0 aliphatic carbocycles. The molecule has 1 atom stereocenters. The predicted octanol–water partition coefficient (Wildman–Crippen LogP) is 1.80. The maximum absolute atomic E-state index is 6.02. The van der Waals surface area contributed by atoms with Crippen LogP contribution in [0.4, 0.5) is 5.69 Å². The van der Waals surface area contributed by atoms with Crippen LogP contribution < -0.4 is 10.6 Å². The van der Waals surface area contributed by atoms with E-state index in [1.165, 1.54) is 5.69 Å². The highest BCUT2D eigenvalue weighted by Crippen LogP contribution is 2.30. The first-order valence-corrected chi connectivity index (χ1v) is 4.83. The summed E-state index contributed by atoms with van der Waals surface area (Å²) in [6.07, 6.45) is 0. The Labute approximate surface area is 83.3 Å². The Morgan fingerprint density at radius 2 is 2.38 bits per heavy atom. The van der Waals surface area contributed by atoms with Crippen LogP contribution in [0.3, 0.4) is 0 Å². The molecular formula is C10H13ClN2. The average molecular weight is 197 g/mol. The zero-order valence-electron chi connectivity index (χ0n) is 7.63. The van der Waals surface area contributed by atoms with Crippen LogP contribution in [-0.4, -0.2) is 19.1 Å². The summed E-state index contributed by atoms with van der Waals surface area (Å²) in [6, 6.07) is 6.67. The minimum absolute atomic E-state index is 0.527. The van der Waals surface area contributed by atoms with Crippen molar-refractivity contribution < 1.29 is 0 Å². The zero-order chi connectivity index (χ0) is 9.42. The lowest BCUT2D eigenvalue weighted by Gasteiger charge is -2.06. The first kappa shape index (κ1) is 8.85. The molecule has 1 heterocycles. The van der Waals surface area contributed by atoms with Crippen LogP contribution in [0.1, 0.15) is 5.56 Å². The summed E-state index contributed by atoms with van der Waals surface area (Å²) in [5, 5.41) is 0.833. The normalized spacial score (nSPS) is 20.5. The second-order valence-electron chi connectivity index (χ2n) is 3.48. The van der Waals surface area contributed by atoms with Gasteiger partial charge in [0.2, 0.25) is 0 Å². The van der Waals surface area contributed by atoms with Crippen molar-refractivity contribution in [2.24, 2.45) is 5.73 Å². The maximum Gasteiger partial charge on any atom is 0.0588 e. The highest BCUT2D eigenvalue weighted by molar-refractivity contribution is 6.31. The minimum atomic E-state index is 0.527. The van der Waals surface area contributed by atoms with E-state index >= 15 is 0 Å². The maximum atomic E-state index is 6.02. The molecule has 1 fully saturated rings. The van der Waals surface area contributed by atoms with E-state index in [0.29, 0.717) is 6.04 Å². The molecule has 1 aromatic rings. The molecule has 2 nitrogen and oxygen atoms in total. The molecule has 2 rings (SSSR count). The van der Waals surface area contributed by atoms with Gasteiger partial charge in [0.25, 0.3) is 0 Å². The van der Waals surface area contributed by atoms with Crippen molar-refractivity contribution in [2.75, 3.05) is 18.0 Å². The summed E-state index contributed by atoms with van der Waals surface area (Å²) in [4.78, 5) is 2.26. The van der Waals surface area contributed by atoms with Crippen LogP contribution in [0.15, 0.2) is 18.2 Å². The van der Waals surface area contributed by atoms with E-state index in [1.54, 1.807) is 0 Å². The molecule has 1 aliphatic heterocycles. The molecule has 13 heavy (non-hydrogen) atoms. The lowest BCUT2D eigenvalue weighted by molar-refractivity contribution is 0.967. The molecule has 0 amide bonds. The van der Waals surface area contributed by atoms with Crippen molar-refractivity contribution in [1.82, 2.24) is 0 Å². The number of halogens is 1. The van der Waals surface area contributed by atoms with Crippen LogP contribution in [-0.2, 0) is 0 Å². The Morgan fingerprint density at radius 1 is 1.62 bits per heavy atom. The van der Waals surface area contributed by atoms with Crippen molar-refractivity contribution >= 4 is 17.3 Å². The monoisotopic (exact) mass is 196 g/mol. The lowest BCUT2D eigenvalue weighted by atomic mass is 10.2. The van der Waals surface area contributed by atoms with Gasteiger partial charge in [-0.05, 0) is 24.6 Å². The van der Waals surface area contributed by atoms with Crippen molar-refractivity contribution in [1.29, 1.82) is 0 Å². The smallest absolute Gasteiger partial charge is 0.0588 e. The van der Waals surface area contributed by atoms with Gasteiger partial charge in [-0.3, -0.25) is 0 Å². The third kappa shape index (κ3) is 1.64. The highest BCUT2D eigenvalue weighted by Gasteiger charge is 2.32. The van der Waals surface area contributed by atoms with Gasteiger partial charge in [-0.1, -0.05) is 17.7 Å². The number of benzene rings is 1. The average Bonchev–Trinajstić information content (AvgIpc) is 2.88. The molecule has 0 spiro atoms. The Morgan fingerprint density at radius 3 is 2.92 bits per heavy atom. The molecule has 0 radical (unpaired) electrons. The highest BCUT2D eigenvalue weighted by atomic mass is 35.5. The first-order valence-electron chi connectivity index (χ1n) is 4.45. The Balaban J connectivity index is 2.19. The summed E-state index contributed by atoms with van der Waals surface area (Å²) in [6.45, 7) is 3.80. The fraction of sp³-hybridized carbons (Fsp3) is 0.400. The molecule has 70 valence electrons. The number of rotatable bonds is 2. The van der Waals surface area contributed by atoms with E-state index in [1.807, 2.05) is 19.1 Å². The molecule has 1 unspecified atom stereocenters. The van der Waals surface area contributed by atoms with Gasteiger partial charge >= 0.3 is 0 Å². The van der Waals surface area contributed by atoms with Crippen LogP contribution >= 0.6 is 11.6 Å². The molecule has 3 heteroatoms. The molecule has 0 aromatic heterocycles. The molecule has 1 aliphatic rings. The largest absolute Gasteiger partial charge is 0.363 e. The van der Waals surface area contributed by atoms with E-state index < -0.39 is 0 Å². The number of hydrogen-bond acceptors (Lipinski definition) is 2. The van der Waals surface area contributed by atoms with Crippen molar-refractivity contribution in [3.8, 4) is 0 Å². The minimum Gasteiger partial charge on any atom is -0.363 e. The second kappa shape index (κ2) is 3.20. The third-order valence-electron chi connectivity index (χ3n) is 2.47. The standard InChI is InChI=1S/C10H13ClN2/c1-7-2-3-8(4-10(7)11)13-6-9(13)5-12/h2-4,9H,5-6,12H2,1H3. The second-order valence-corrected chi connectivity index (χ2v) is 3.88. The Bertz CT molecular complexity index is 325. The van der Waals surface area contributed by atoms with Crippen molar-refractivity contribution in [3.63, 3.8) is 0 Å². The fourth-order valence-corrected chi connectivity index (χ4v) is 1.63. The summed E-state index contributed by atoms with van der Waals surface area (Å²) in [5.41, 5.74) is 7.86. The van der Waals surface area contributed by atoms with E-state index in [2.05, 4.69) is 11.0 Å². The first-order chi connectivity index (χ1) is 6.22. The zero-order valence-corrected chi connectivity index (χ0v) is 8.38. The fourth-order valence-electron chi connectivity index (χ4n) is 1.46. The van der Waals surface area contributed by atoms with E-state index in [4.69, 9.17) is 17.3 Å². The predicted molar refractivity (Wildman–Crippen MR) is 56.4 cm³/mol. The van der Waals surface area contributed by atoms with Gasteiger partial charge in [0.05, 0.1) is 6.04 Å². The van der Waals surface area contributed by atoms with Gasteiger partial charge in [-0.2, -0.15) is 0 Å². The van der Waals surface area contributed by atoms with E-state index in [-0.39, 0.29) is 0 Å². The SMILES string of the molecule is Cc1ccc(N2CC2CN)cc1Cl. The van der Waals surface area contributed by atoms with E-state index in [9.17, 15) is 0 Å². The van der Waals surface area contributed by atoms with Crippen LogP contribution in [0.2, 0.25) is 5.02 Å². The summed E-state index contributed by atoms with van der Waals surface area (Å²) < 4.78 is 0. The summed E-state index contributed by atoms with van der Waals surface area (Å²) in [7, 11) is 0. The van der Waals surface area contributed by atoms with Crippen LogP contribution in [0.5, 0.6) is 0 Å². The number of nitrogens with two attached hydrogens (primary N) is 1. The molecule has 2 N–H and O–H groups in total. The Kier molecular flexibility index (Phi) is 2.18. The van der Waals surface area contributed by atoms with Crippen molar-refractivity contribution in [2.45, 2.75) is 13.0 Å². The van der Waals surface area contributed by atoms with Gasteiger partial charge in [0, 0.05) is 23.8 Å². The number of aryl methyl sites for hydroxylation is 1. The lowest BCUT2D eigenvalue weighted by Crippen LogP contribution is -2.11. The van der Waals surface area contributed by atoms with Gasteiger partial charge < -0.3 is 10.6 Å². The molecule has 1 aromatic carbocycles. The van der Waals surface area contributed by atoms with Gasteiger partial charge in [-0.15, -0.1) is 0 Å². The number of anilines is 1. The summed E-state index contributed by atoms with van der Waals surface area (Å²) >= 11 is 6.02. The molecule has 1 saturated heterocycles. The quantitative estimate of drug-likeness (QED) is 0.731. The number of nitrogens with zero attached hydrogens (tertiary/aromatic N) is 1. The van der Waals surface area contributed by atoms with Gasteiger partial charge in [0.15, 0.2) is 0 Å². The Hall–Kier alpha value is -0.730. The molecule has 0 bridgehead atoms. The number of hydrogen-bond donors (Lipinski definition) is 1. The third-order valence-corrected chi connectivity index (χ3v) is 2.88. The molecule has 0 saturated carbocycles. The van der Waals surface area contributed by atoms with Gasteiger partial charge in [0.1, 0.15) is 0 Å². The van der Waals surface area contributed by atoms with Crippen LogP contribution in [0, 0.1) is 6.92 Å². The summed E-state index contributed by atoms with van der Waals surface area (Å²) in [5.74, 6) is 0. The van der Waals surface area contributed by atoms with Gasteiger partial charge in [-0.25, -0.2) is 0 Å². The van der Waals surface area contributed by atoms with Crippen molar-refractivity contribution in [3.05, 3.63) is 28.8 Å².